The molecule has 0 saturated heterocycles. The SMILES string of the molecule is CCCCc1nc(Cl)c(CNC(=O)CCNC(=O)C(CS)Cc2ccccc2)n1Cc1ccc(-c2ccccc2C(=O)O)cc1. The summed E-state index contributed by atoms with van der Waals surface area (Å²) in [5, 5.41) is 15.7. The Morgan fingerprint density at radius 1 is 0.956 bits per heavy atom. The molecule has 10 heteroatoms. The summed E-state index contributed by atoms with van der Waals surface area (Å²) >= 11 is 10.9. The third kappa shape index (κ3) is 9.45. The van der Waals surface area contributed by atoms with Gasteiger partial charge in [-0.25, -0.2) is 9.78 Å². The molecule has 45 heavy (non-hydrogen) atoms. The van der Waals surface area contributed by atoms with Crippen LogP contribution in [0, 0.1) is 5.92 Å². The number of amides is 2. The third-order valence-electron chi connectivity index (χ3n) is 7.64. The van der Waals surface area contributed by atoms with Gasteiger partial charge in [-0.05, 0) is 41.2 Å². The topological polar surface area (TPSA) is 113 Å². The number of imidazole rings is 1. The van der Waals surface area contributed by atoms with Crippen LogP contribution in [0.15, 0.2) is 78.9 Å². The smallest absolute Gasteiger partial charge is 0.336 e. The van der Waals surface area contributed by atoms with Crippen molar-refractivity contribution < 1.29 is 19.5 Å². The van der Waals surface area contributed by atoms with Gasteiger partial charge in [-0.2, -0.15) is 12.6 Å². The summed E-state index contributed by atoms with van der Waals surface area (Å²) in [5.74, 6) is -0.331. The minimum Gasteiger partial charge on any atom is -0.478 e. The van der Waals surface area contributed by atoms with Gasteiger partial charge in [0.05, 0.1) is 23.7 Å². The average molecular weight is 647 g/mol. The monoisotopic (exact) mass is 646 g/mol. The predicted molar refractivity (Wildman–Crippen MR) is 181 cm³/mol. The molecule has 0 aliphatic carbocycles. The van der Waals surface area contributed by atoms with E-state index in [1.807, 2.05) is 65.2 Å². The normalized spacial score (nSPS) is 11.6. The number of carbonyl (C=O) groups excluding carboxylic acids is 2. The second kappa shape index (κ2) is 16.8. The van der Waals surface area contributed by atoms with Crippen LogP contribution in [0.2, 0.25) is 5.15 Å². The van der Waals surface area contributed by atoms with Gasteiger partial charge in [0.2, 0.25) is 11.8 Å². The third-order valence-corrected chi connectivity index (χ3v) is 8.38. The summed E-state index contributed by atoms with van der Waals surface area (Å²) in [6, 6.07) is 24.5. The largest absolute Gasteiger partial charge is 0.478 e. The van der Waals surface area contributed by atoms with Crippen LogP contribution in [0.4, 0.5) is 0 Å². The van der Waals surface area contributed by atoms with Crippen LogP contribution < -0.4 is 10.6 Å². The summed E-state index contributed by atoms with van der Waals surface area (Å²) in [4.78, 5) is 41.7. The Balaban J connectivity index is 1.38. The van der Waals surface area contributed by atoms with Crippen molar-refractivity contribution in [2.24, 2.45) is 5.92 Å². The maximum atomic E-state index is 12.7. The first kappa shape index (κ1) is 33.8. The van der Waals surface area contributed by atoms with Gasteiger partial charge in [0.25, 0.3) is 0 Å². The van der Waals surface area contributed by atoms with Gasteiger partial charge in [0.15, 0.2) is 5.15 Å². The number of aryl methyl sites for hydroxylation is 1. The van der Waals surface area contributed by atoms with E-state index in [0.717, 1.165) is 41.8 Å². The first-order valence-electron chi connectivity index (χ1n) is 15.1. The molecule has 0 spiro atoms. The number of carbonyl (C=O) groups is 3. The Labute approximate surface area is 274 Å². The minimum atomic E-state index is -0.970. The quantitative estimate of drug-likeness (QED) is 0.108. The lowest BCUT2D eigenvalue weighted by atomic mass is 9.99. The molecule has 1 atom stereocenters. The Kier molecular flexibility index (Phi) is 12.7. The molecule has 0 aliphatic heterocycles. The van der Waals surface area contributed by atoms with Crippen LogP contribution in [0.3, 0.4) is 0 Å². The predicted octanol–water partition coefficient (Wildman–Crippen LogP) is 6.20. The van der Waals surface area contributed by atoms with E-state index >= 15 is 0 Å². The van der Waals surface area contributed by atoms with Crippen molar-refractivity contribution in [1.82, 2.24) is 20.2 Å². The van der Waals surface area contributed by atoms with Gasteiger partial charge >= 0.3 is 5.97 Å². The highest BCUT2D eigenvalue weighted by molar-refractivity contribution is 7.80. The molecule has 4 aromatic rings. The van der Waals surface area contributed by atoms with Crippen molar-refractivity contribution in [2.45, 2.75) is 52.1 Å². The zero-order chi connectivity index (χ0) is 32.2. The maximum Gasteiger partial charge on any atom is 0.336 e. The molecule has 0 aliphatic rings. The maximum absolute atomic E-state index is 12.7. The van der Waals surface area contributed by atoms with Crippen LogP contribution >= 0.6 is 24.2 Å². The summed E-state index contributed by atoms with van der Waals surface area (Å²) in [5.41, 5.74) is 4.48. The Bertz CT molecular complexity index is 1590. The number of hydrogen-bond donors (Lipinski definition) is 4. The molecule has 8 nitrogen and oxygen atoms in total. The second-order valence-corrected chi connectivity index (χ2v) is 11.6. The molecule has 1 unspecified atom stereocenters. The molecule has 0 bridgehead atoms. The van der Waals surface area contributed by atoms with Crippen LogP contribution in [0.25, 0.3) is 11.1 Å². The van der Waals surface area contributed by atoms with Crippen molar-refractivity contribution in [1.29, 1.82) is 0 Å². The first-order valence-corrected chi connectivity index (χ1v) is 16.2. The van der Waals surface area contributed by atoms with Gasteiger partial charge in [0, 0.05) is 31.7 Å². The minimum absolute atomic E-state index is 0.124. The summed E-state index contributed by atoms with van der Waals surface area (Å²) in [7, 11) is 0. The van der Waals surface area contributed by atoms with E-state index in [0.29, 0.717) is 35.1 Å². The molecule has 2 amide bonds. The van der Waals surface area contributed by atoms with Gasteiger partial charge in [-0.3, -0.25) is 9.59 Å². The fraction of sp³-hybridized carbons (Fsp3) is 0.314. The lowest BCUT2D eigenvalue weighted by Crippen LogP contribution is -2.36. The number of carboxylic acid groups (broad SMARTS) is 1. The highest BCUT2D eigenvalue weighted by Crippen LogP contribution is 2.26. The van der Waals surface area contributed by atoms with Gasteiger partial charge in [0.1, 0.15) is 5.82 Å². The van der Waals surface area contributed by atoms with E-state index in [4.69, 9.17) is 11.6 Å². The molecule has 3 N–H and O–H groups in total. The summed E-state index contributed by atoms with van der Waals surface area (Å²) < 4.78 is 2.04. The lowest BCUT2D eigenvalue weighted by Gasteiger charge is -2.15. The zero-order valence-electron chi connectivity index (χ0n) is 25.3. The van der Waals surface area contributed by atoms with Crippen LogP contribution in [0.1, 0.15) is 59.2 Å². The van der Waals surface area contributed by atoms with Gasteiger partial charge < -0.3 is 20.3 Å². The Morgan fingerprint density at radius 2 is 1.67 bits per heavy atom. The van der Waals surface area contributed by atoms with Crippen LogP contribution in [0.5, 0.6) is 0 Å². The van der Waals surface area contributed by atoms with E-state index in [1.165, 1.54) is 0 Å². The highest BCUT2D eigenvalue weighted by Gasteiger charge is 2.19. The number of carboxylic acids is 1. The van der Waals surface area contributed by atoms with Crippen molar-refractivity contribution in [3.05, 3.63) is 112 Å². The lowest BCUT2D eigenvalue weighted by molar-refractivity contribution is -0.124. The average Bonchev–Trinajstić information content (AvgIpc) is 3.35. The number of aromatic nitrogens is 2. The number of nitrogens with one attached hydrogen (secondary N) is 2. The Morgan fingerprint density at radius 3 is 2.36 bits per heavy atom. The zero-order valence-corrected chi connectivity index (χ0v) is 27.0. The molecule has 1 aromatic heterocycles. The van der Waals surface area contributed by atoms with E-state index in [-0.39, 0.29) is 42.8 Å². The fourth-order valence-electron chi connectivity index (χ4n) is 5.13. The summed E-state index contributed by atoms with van der Waals surface area (Å²) in [6.45, 7) is 3.02. The second-order valence-electron chi connectivity index (χ2n) is 10.9. The van der Waals surface area contributed by atoms with E-state index in [9.17, 15) is 19.5 Å². The van der Waals surface area contributed by atoms with E-state index < -0.39 is 5.97 Å². The van der Waals surface area contributed by atoms with E-state index in [1.54, 1.807) is 18.2 Å². The van der Waals surface area contributed by atoms with Crippen molar-refractivity contribution in [3.8, 4) is 11.1 Å². The molecular formula is C35H39ClN4O4S. The number of nitrogens with zero attached hydrogens (tertiary/aromatic N) is 2. The number of thiol groups is 1. The fourth-order valence-corrected chi connectivity index (χ4v) is 5.69. The summed E-state index contributed by atoms with van der Waals surface area (Å²) in [6.07, 6.45) is 3.41. The molecule has 0 fully saturated rings. The number of halogens is 1. The number of benzene rings is 3. The number of unbranched alkanes of at least 4 members (excludes halogenated alkanes) is 1. The van der Waals surface area contributed by atoms with Crippen LogP contribution in [-0.4, -0.2) is 44.7 Å². The number of hydrogen-bond acceptors (Lipinski definition) is 5. The standard InChI is InChI=1S/C35H39ClN4O4S/c1-2-3-13-31-39-33(36)30(21-38-32(41)18-19-37-34(42)27(23-45)20-24-9-5-4-6-10-24)40(31)22-25-14-16-26(17-15-25)28-11-7-8-12-29(28)35(43)44/h4-12,14-17,27,45H,2-3,13,18-23H2,1H3,(H,37,42)(H,38,41)(H,43,44). The van der Waals surface area contributed by atoms with Crippen molar-refractivity contribution in [2.75, 3.05) is 12.3 Å². The first-order chi connectivity index (χ1) is 21.8. The molecule has 3 aromatic carbocycles. The molecule has 0 radical (unpaired) electrons. The van der Waals surface area contributed by atoms with Crippen LogP contribution in [-0.2, 0) is 35.5 Å². The molecule has 4 rings (SSSR count). The van der Waals surface area contributed by atoms with E-state index in [2.05, 4.69) is 35.2 Å². The molecular weight excluding hydrogens is 608 g/mol. The van der Waals surface area contributed by atoms with Gasteiger partial charge in [-0.15, -0.1) is 0 Å². The molecule has 1 heterocycles. The van der Waals surface area contributed by atoms with Crippen molar-refractivity contribution >= 4 is 42.0 Å². The highest BCUT2D eigenvalue weighted by atomic mass is 35.5. The number of aromatic carboxylic acids is 1. The Hall–Kier alpha value is -4.08. The van der Waals surface area contributed by atoms with Gasteiger partial charge in [-0.1, -0.05) is 97.7 Å². The molecule has 0 saturated carbocycles. The van der Waals surface area contributed by atoms with Crippen molar-refractivity contribution in [3.63, 3.8) is 0 Å². The number of rotatable bonds is 16. The molecule has 236 valence electrons.